The van der Waals surface area contributed by atoms with Crippen molar-refractivity contribution >= 4 is 34.8 Å². The fraction of sp³-hybridized carbons (Fsp3) is 0.111. The van der Waals surface area contributed by atoms with Gasteiger partial charge in [-0.15, -0.1) is 0 Å². The van der Waals surface area contributed by atoms with Crippen LogP contribution in [0.5, 0.6) is 0 Å². The number of halogens is 2. The van der Waals surface area contributed by atoms with Crippen molar-refractivity contribution < 1.29 is 4.79 Å². The molecule has 0 bridgehead atoms. The maximum Gasteiger partial charge on any atom is 0.267 e. The van der Waals surface area contributed by atoms with Gasteiger partial charge in [-0.1, -0.05) is 41.4 Å². The lowest BCUT2D eigenvalue weighted by molar-refractivity contribution is -0.112. The number of amides is 1. The Bertz CT molecular complexity index is 808. The number of nitriles is 1. The molecule has 0 aliphatic carbocycles. The zero-order valence-electron chi connectivity index (χ0n) is 12.9. The van der Waals surface area contributed by atoms with Gasteiger partial charge in [-0.25, -0.2) is 0 Å². The predicted molar refractivity (Wildman–Crippen MR) is 96.8 cm³/mol. The average Bonchev–Trinajstić information content (AvgIpc) is 2.56. The Balaban J connectivity index is 2.01. The quantitative estimate of drug-likeness (QED) is 0.612. The molecular formula is C18H15Cl2N3O. The molecule has 0 aliphatic heterocycles. The number of carbonyl (C=O) groups is 1. The number of aryl methyl sites for hydroxylation is 1. The monoisotopic (exact) mass is 359 g/mol. The fourth-order valence-corrected chi connectivity index (χ4v) is 2.24. The van der Waals surface area contributed by atoms with Gasteiger partial charge in [0.05, 0.1) is 0 Å². The van der Waals surface area contributed by atoms with E-state index in [1.165, 1.54) is 6.20 Å². The molecule has 2 rings (SSSR count). The zero-order chi connectivity index (χ0) is 17.5. The summed E-state index contributed by atoms with van der Waals surface area (Å²) in [4.78, 5) is 12.2. The summed E-state index contributed by atoms with van der Waals surface area (Å²) in [6.07, 6.45) is 1.39. The molecular weight excluding hydrogens is 345 g/mol. The Labute approximate surface area is 150 Å². The fourth-order valence-electron chi connectivity index (χ4n) is 1.94. The van der Waals surface area contributed by atoms with Crippen LogP contribution in [0.1, 0.15) is 11.1 Å². The van der Waals surface area contributed by atoms with Gasteiger partial charge in [0.15, 0.2) is 0 Å². The Hall–Kier alpha value is -2.48. The summed E-state index contributed by atoms with van der Waals surface area (Å²) in [5.74, 6) is -0.494. The van der Waals surface area contributed by atoms with E-state index in [1.54, 1.807) is 30.3 Å². The van der Waals surface area contributed by atoms with E-state index >= 15 is 0 Å². The van der Waals surface area contributed by atoms with Crippen LogP contribution in [0, 0.1) is 18.3 Å². The predicted octanol–water partition coefficient (Wildman–Crippen LogP) is 4.44. The topological polar surface area (TPSA) is 64.9 Å². The number of nitrogens with one attached hydrogen (secondary N) is 2. The van der Waals surface area contributed by atoms with Crippen molar-refractivity contribution in [2.24, 2.45) is 0 Å². The second kappa shape index (κ2) is 8.39. The Morgan fingerprint density at radius 1 is 1.17 bits per heavy atom. The molecule has 0 fully saturated rings. The lowest BCUT2D eigenvalue weighted by Gasteiger charge is -2.08. The maximum atomic E-state index is 12.2. The van der Waals surface area contributed by atoms with Crippen molar-refractivity contribution in [1.29, 1.82) is 5.26 Å². The van der Waals surface area contributed by atoms with Crippen LogP contribution in [0.15, 0.2) is 54.2 Å². The Morgan fingerprint density at radius 3 is 2.50 bits per heavy atom. The summed E-state index contributed by atoms with van der Waals surface area (Å²) in [6.45, 7) is 2.33. The molecule has 0 unspecified atom stereocenters. The second-order valence-electron chi connectivity index (χ2n) is 5.09. The van der Waals surface area contributed by atoms with Crippen molar-refractivity contribution in [1.82, 2.24) is 5.32 Å². The first-order chi connectivity index (χ1) is 11.5. The molecule has 0 aromatic heterocycles. The number of hydrogen-bond donors (Lipinski definition) is 2. The van der Waals surface area contributed by atoms with Gasteiger partial charge in [-0.3, -0.25) is 4.79 Å². The summed E-state index contributed by atoms with van der Waals surface area (Å²) in [6, 6.07) is 14.4. The molecule has 6 heteroatoms. The van der Waals surface area contributed by atoms with Crippen LogP contribution in [0.3, 0.4) is 0 Å². The van der Waals surface area contributed by atoms with Crippen LogP contribution < -0.4 is 10.6 Å². The number of benzene rings is 2. The van der Waals surface area contributed by atoms with Crippen molar-refractivity contribution in [3.05, 3.63) is 75.4 Å². The summed E-state index contributed by atoms with van der Waals surface area (Å²) in [5.41, 5.74) is 2.40. The number of carbonyl (C=O) groups excluding carboxylic acids is 1. The van der Waals surface area contributed by atoms with Gasteiger partial charge in [-0.2, -0.15) is 5.26 Å². The Kier molecular flexibility index (Phi) is 6.25. The van der Waals surface area contributed by atoms with E-state index in [4.69, 9.17) is 28.5 Å². The molecule has 2 aromatic rings. The molecule has 2 N–H and O–H groups in total. The van der Waals surface area contributed by atoms with E-state index in [2.05, 4.69) is 10.6 Å². The van der Waals surface area contributed by atoms with E-state index < -0.39 is 5.91 Å². The van der Waals surface area contributed by atoms with Crippen LogP contribution >= 0.6 is 23.2 Å². The second-order valence-corrected chi connectivity index (χ2v) is 5.96. The number of hydrogen-bond acceptors (Lipinski definition) is 3. The summed E-state index contributed by atoms with van der Waals surface area (Å²) in [5, 5.41) is 16.0. The first kappa shape index (κ1) is 17.9. The first-order valence-corrected chi connectivity index (χ1v) is 7.91. The molecule has 0 saturated heterocycles. The lowest BCUT2D eigenvalue weighted by Crippen LogP contribution is -2.17. The summed E-state index contributed by atoms with van der Waals surface area (Å²) < 4.78 is 0. The van der Waals surface area contributed by atoms with E-state index in [0.29, 0.717) is 22.3 Å². The molecule has 0 atom stereocenters. The highest BCUT2D eigenvalue weighted by Crippen LogP contribution is 2.20. The SMILES string of the molecule is Cc1ccc(Cl)cc1NC(=O)/C(C#N)=C\NCc1ccc(Cl)cc1. The van der Waals surface area contributed by atoms with Crippen LogP contribution in [0.2, 0.25) is 10.0 Å². The molecule has 0 aliphatic rings. The molecule has 0 spiro atoms. The highest BCUT2D eigenvalue weighted by atomic mass is 35.5. The normalized spacial score (nSPS) is 10.8. The first-order valence-electron chi connectivity index (χ1n) is 7.15. The largest absolute Gasteiger partial charge is 0.386 e. The van der Waals surface area contributed by atoms with Crippen molar-refractivity contribution in [3.63, 3.8) is 0 Å². The molecule has 4 nitrogen and oxygen atoms in total. The molecule has 2 aromatic carbocycles. The maximum absolute atomic E-state index is 12.2. The third-order valence-electron chi connectivity index (χ3n) is 3.28. The zero-order valence-corrected chi connectivity index (χ0v) is 14.4. The van der Waals surface area contributed by atoms with Gasteiger partial charge < -0.3 is 10.6 Å². The van der Waals surface area contributed by atoms with E-state index in [9.17, 15) is 4.79 Å². The minimum absolute atomic E-state index is 0.0247. The standard InChI is InChI=1S/C18H15Cl2N3O/c1-12-2-5-16(20)8-17(12)23-18(24)14(9-21)11-22-10-13-3-6-15(19)7-4-13/h2-8,11,22H,10H2,1H3,(H,23,24)/b14-11-. The van der Waals surface area contributed by atoms with Crippen molar-refractivity contribution in [2.75, 3.05) is 5.32 Å². The molecule has 0 heterocycles. The van der Waals surface area contributed by atoms with Gasteiger partial charge in [-0.05, 0) is 42.3 Å². The van der Waals surface area contributed by atoms with Crippen LogP contribution in [-0.4, -0.2) is 5.91 Å². The molecule has 0 radical (unpaired) electrons. The van der Waals surface area contributed by atoms with E-state index in [0.717, 1.165) is 11.1 Å². The van der Waals surface area contributed by atoms with Crippen LogP contribution in [-0.2, 0) is 11.3 Å². The highest BCUT2D eigenvalue weighted by molar-refractivity contribution is 6.31. The summed E-state index contributed by atoms with van der Waals surface area (Å²) >= 11 is 11.7. The van der Waals surface area contributed by atoms with E-state index in [1.807, 2.05) is 25.1 Å². The van der Waals surface area contributed by atoms with Crippen molar-refractivity contribution in [2.45, 2.75) is 13.5 Å². The Morgan fingerprint density at radius 2 is 1.83 bits per heavy atom. The molecule has 24 heavy (non-hydrogen) atoms. The third-order valence-corrected chi connectivity index (χ3v) is 3.77. The van der Waals surface area contributed by atoms with Gasteiger partial charge in [0.2, 0.25) is 0 Å². The highest BCUT2D eigenvalue weighted by Gasteiger charge is 2.10. The average molecular weight is 360 g/mol. The lowest BCUT2D eigenvalue weighted by atomic mass is 10.2. The van der Waals surface area contributed by atoms with Crippen LogP contribution in [0.4, 0.5) is 5.69 Å². The molecule has 0 saturated carbocycles. The van der Waals surface area contributed by atoms with Gasteiger partial charge in [0.25, 0.3) is 5.91 Å². The molecule has 1 amide bonds. The minimum atomic E-state index is -0.494. The summed E-state index contributed by atoms with van der Waals surface area (Å²) in [7, 11) is 0. The third kappa shape index (κ3) is 5.02. The number of rotatable bonds is 5. The van der Waals surface area contributed by atoms with Crippen LogP contribution in [0.25, 0.3) is 0 Å². The number of nitrogens with zero attached hydrogens (tertiary/aromatic N) is 1. The smallest absolute Gasteiger partial charge is 0.267 e. The van der Waals surface area contributed by atoms with Crippen molar-refractivity contribution in [3.8, 4) is 6.07 Å². The van der Waals surface area contributed by atoms with Gasteiger partial charge in [0.1, 0.15) is 11.6 Å². The molecule has 122 valence electrons. The van der Waals surface area contributed by atoms with Gasteiger partial charge in [0, 0.05) is 28.5 Å². The van der Waals surface area contributed by atoms with E-state index in [-0.39, 0.29) is 5.57 Å². The number of anilines is 1. The van der Waals surface area contributed by atoms with Gasteiger partial charge >= 0.3 is 0 Å². The minimum Gasteiger partial charge on any atom is -0.386 e.